The van der Waals surface area contributed by atoms with E-state index in [1.807, 2.05) is 46.2 Å². The van der Waals surface area contributed by atoms with Crippen molar-refractivity contribution in [3.05, 3.63) is 41.9 Å². The van der Waals surface area contributed by atoms with Crippen LogP contribution in [0.2, 0.25) is 0 Å². The Kier molecular flexibility index (Phi) is 5.37. The normalized spacial score (nSPS) is 13.0. The number of aromatic nitrogens is 2. The van der Waals surface area contributed by atoms with Crippen LogP contribution < -0.4 is 10.5 Å². The summed E-state index contributed by atoms with van der Waals surface area (Å²) in [7, 11) is 0. The van der Waals surface area contributed by atoms with Gasteiger partial charge in [-0.25, -0.2) is 4.98 Å². The van der Waals surface area contributed by atoms with Gasteiger partial charge >= 0.3 is 0 Å². The molecule has 0 aliphatic carbocycles. The first-order valence-electron chi connectivity index (χ1n) is 8.06. The molecule has 2 rings (SSSR count). The predicted molar refractivity (Wildman–Crippen MR) is 94.5 cm³/mol. The Bertz CT molecular complexity index is 662. The summed E-state index contributed by atoms with van der Waals surface area (Å²) in [6.07, 6.45) is 4.59. The minimum Gasteiger partial charge on any atom is -0.477 e. The summed E-state index contributed by atoms with van der Waals surface area (Å²) in [5.74, 6) is 1.08. The third-order valence-corrected chi connectivity index (χ3v) is 3.64. The second kappa shape index (κ2) is 7.09. The summed E-state index contributed by atoms with van der Waals surface area (Å²) in [5.41, 5.74) is 10.1. The molecule has 2 aromatic heterocycles. The van der Waals surface area contributed by atoms with E-state index in [-0.39, 0.29) is 5.54 Å². The Morgan fingerprint density at radius 1 is 1.17 bits per heavy atom. The number of aryl methyl sites for hydroxylation is 2. The largest absolute Gasteiger partial charge is 0.477 e. The fraction of sp³-hybridized carbons (Fsp3) is 0.474. The van der Waals surface area contributed by atoms with E-state index >= 15 is 0 Å². The quantitative estimate of drug-likeness (QED) is 0.878. The van der Waals surface area contributed by atoms with Gasteiger partial charge in [0.1, 0.15) is 0 Å². The zero-order chi connectivity index (χ0) is 17.0. The molecule has 2 heterocycles. The molecular weight excluding hydrogens is 286 g/mol. The molecule has 0 spiro atoms. The van der Waals surface area contributed by atoms with Gasteiger partial charge in [0.25, 0.3) is 0 Å². The molecule has 0 radical (unpaired) electrons. The number of pyridine rings is 2. The van der Waals surface area contributed by atoms with Crippen LogP contribution in [0.5, 0.6) is 5.88 Å². The second-order valence-corrected chi connectivity index (χ2v) is 7.14. The van der Waals surface area contributed by atoms with E-state index < -0.39 is 0 Å². The Morgan fingerprint density at radius 3 is 2.52 bits per heavy atom. The smallest absolute Gasteiger partial charge is 0.216 e. The molecule has 0 bridgehead atoms. The summed E-state index contributed by atoms with van der Waals surface area (Å²) in [6.45, 7) is 10.9. The lowest BCUT2D eigenvalue weighted by atomic mass is 9.93. The van der Waals surface area contributed by atoms with Crippen LogP contribution in [0.25, 0.3) is 11.1 Å². The average Bonchev–Trinajstić information content (AvgIpc) is 2.44. The molecular formula is C19H27N3O. The SMILES string of the molecule is Cc1cc(-c2cnc(OC[C@@H](C)CC(C)(C)N)c(C)c2)ccn1. The van der Waals surface area contributed by atoms with E-state index in [2.05, 4.69) is 29.0 Å². The molecule has 0 fully saturated rings. The third kappa shape index (κ3) is 5.32. The summed E-state index contributed by atoms with van der Waals surface area (Å²) in [4.78, 5) is 8.71. The summed E-state index contributed by atoms with van der Waals surface area (Å²) in [6, 6.07) is 6.16. The first kappa shape index (κ1) is 17.4. The first-order chi connectivity index (χ1) is 10.7. The molecule has 0 unspecified atom stereocenters. The van der Waals surface area contributed by atoms with Crippen molar-refractivity contribution in [1.82, 2.24) is 9.97 Å². The molecule has 0 aliphatic rings. The number of hydrogen-bond acceptors (Lipinski definition) is 4. The highest BCUT2D eigenvalue weighted by molar-refractivity contribution is 5.63. The van der Waals surface area contributed by atoms with Gasteiger partial charge in [-0.15, -0.1) is 0 Å². The first-order valence-corrected chi connectivity index (χ1v) is 8.06. The third-order valence-electron chi connectivity index (χ3n) is 3.64. The van der Waals surface area contributed by atoms with Gasteiger partial charge in [-0.2, -0.15) is 0 Å². The van der Waals surface area contributed by atoms with Gasteiger partial charge < -0.3 is 10.5 Å². The Balaban J connectivity index is 2.05. The molecule has 0 amide bonds. The van der Waals surface area contributed by atoms with E-state index in [0.29, 0.717) is 18.4 Å². The lowest BCUT2D eigenvalue weighted by Gasteiger charge is -2.23. The van der Waals surface area contributed by atoms with Crippen LogP contribution in [0.3, 0.4) is 0 Å². The molecule has 1 atom stereocenters. The fourth-order valence-electron chi connectivity index (χ4n) is 2.77. The number of nitrogens with two attached hydrogens (primary N) is 1. The van der Waals surface area contributed by atoms with Crippen molar-refractivity contribution in [3.8, 4) is 17.0 Å². The molecule has 0 saturated heterocycles. The predicted octanol–water partition coefficient (Wildman–Crippen LogP) is 3.90. The topological polar surface area (TPSA) is 61.0 Å². The van der Waals surface area contributed by atoms with Crippen molar-refractivity contribution in [2.45, 2.75) is 46.6 Å². The van der Waals surface area contributed by atoms with E-state index in [0.717, 1.165) is 28.8 Å². The molecule has 0 aromatic carbocycles. The van der Waals surface area contributed by atoms with Crippen molar-refractivity contribution >= 4 is 0 Å². The highest BCUT2D eigenvalue weighted by Crippen LogP contribution is 2.24. The summed E-state index contributed by atoms with van der Waals surface area (Å²) >= 11 is 0. The minimum absolute atomic E-state index is 0.172. The molecule has 2 aromatic rings. The van der Waals surface area contributed by atoms with Crippen LogP contribution in [-0.2, 0) is 0 Å². The van der Waals surface area contributed by atoms with Crippen LogP contribution in [0.15, 0.2) is 30.6 Å². The van der Waals surface area contributed by atoms with E-state index in [9.17, 15) is 0 Å². The lowest BCUT2D eigenvalue weighted by Crippen LogP contribution is -2.35. The maximum absolute atomic E-state index is 6.06. The van der Waals surface area contributed by atoms with Crippen molar-refractivity contribution in [2.24, 2.45) is 11.7 Å². The molecule has 0 saturated carbocycles. The zero-order valence-corrected chi connectivity index (χ0v) is 14.8. The number of nitrogens with zero attached hydrogens (tertiary/aromatic N) is 2. The average molecular weight is 313 g/mol. The van der Waals surface area contributed by atoms with Crippen molar-refractivity contribution in [1.29, 1.82) is 0 Å². The van der Waals surface area contributed by atoms with Crippen molar-refractivity contribution in [3.63, 3.8) is 0 Å². The summed E-state index contributed by atoms with van der Waals surface area (Å²) < 4.78 is 5.88. The monoisotopic (exact) mass is 313 g/mol. The van der Waals surface area contributed by atoms with Gasteiger partial charge in [-0.3, -0.25) is 4.98 Å². The van der Waals surface area contributed by atoms with Gasteiger partial charge in [0, 0.05) is 34.8 Å². The van der Waals surface area contributed by atoms with Gasteiger partial charge in [0.05, 0.1) is 6.61 Å². The zero-order valence-electron chi connectivity index (χ0n) is 14.8. The van der Waals surface area contributed by atoms with E-state index in [1.165, 1.54) is 0 Å². The van der Waals surface area contributed by atoms with Crippen LogP contribution >= 0.6 is 0 Å². The van der Waals surface area contributed by atoms with Crippen LogP contribution in [-0.4, -0.2) is 22.1 Å². The molecule has 2 N–H and O–H groups in total. The fourth-order valence-corrected chi connectivity index (χ4v) is 2.77. The maximum Gasteiger partial charge on any atom is 0.216 e. The van der Waals surface area contributed by atoms with Crippen LogP contribution in [0.4, 0.5) is 0 Å². The highest BCUT2D eigenvalue weighted by Gasteiger charge is 2.16. The van der Waals surface area contributed by atoms with Gasteiger partial charge in [0.2, 0.25) is 5.88 Å². The van der Waals surface area contributed by atoms with Gasteiger partial charge in [-0.05, 0) is 63.8 Å². The van der Waals surface area contributed by atoms with Gasteiger partial charge in [-0.1, -0.05) is 6.92 Å². The van der Waals surface area contributed by atoms with Gasteiger partial charge in [0.15, 0.2) is 0 Å². The molecule has 0 aliphatic heterocycles. The molecule has 124 valence electrons. The highest BCUT2D eigenvalue weighted by atomic mass is 16.5. The second-order valence-electron chi connectivity index (χ2n) is 7.14. The summed E-state index contributed by atoms with van der Waals surface area (Å²) in [5, 5.41) is 0. The number of hydrogen-bond donors (Lipinski definition) is 1. The molecule has 23 heavy (non-hydrogen) atoms. The minimum atomic E-state index is -0.172. The Morgan fingerprint density at radius 2 is 1.91 bits per heavy atom. The van der Waals surface area contributed by atoms with E-state index in [1.54, 1.807) is 0 Å². The van der Waals surface area contributed by atoms with Crippen LogP contribution in [0.1, 0.15) is 38.4 Å². The molecule has 4 heteroatoms. The Labute approximate surface area is 139 Å². The number of rotatable bonds is 6. The van der Waals surface area contributed by atoms with Crippen LogP contribution in [0, 0.1) is 19.8 Å². The lowest BCUT2D eigenvalue weighted by molar-refractivity contribution is 0.221. The maximum atomic E-state index is 6.06. The standard InChI is InChI=1S/C19H27N3O/c1-13(10-19(4,5)20)12-23-18-14(2)8-17(11-22-18)16-6-7-21-15(3)9-16/h6-9,11,13H,10,12,20H2,1-5H3/t13-/m0/s1. The number of ether oxygens (including phenoxy) is 1. The molecule has 4 nitrogen and oxygen atoms in total. The van der Waals surface area contributed by atoms with E-state index in [4.69, 9.17) is 10.5 Å². The van der Waals surface area contributed by atoms with Crippen molar-refractivity contribution < 1.29 is 4.74 Å². The van der Waals surface area contributed by atoms with Crippen molar-refractivity contribution in [2.75, 3.05) is 6.61 Å². The Hall–Kier alpha value is -1.94.